The van der Waals surface area contributed by atoms with Gasteiger partial charge in [0.05, 0.1) is 6.61 Å². The van der Waals surface area contributed by atoms with Crippen LogP contribution in [-0.2, 0) is 11.2 Å². The highest BCUT2D eigenvalue weighted by Gasteiger charge is 2.29. The van der Waals surface area contributed by atoms with E-state index in [1.807, 2.05) is 30.5 Å². The first-order valence-corrected chi connectivity index (χ1v) is 7.07. The van der Waals surface area contributed by atoms with Crippen LogP contribution in [0.3, 0.4) is 0 Å². The Morgan fingerprint density at radius 3 is 2.94 bits per heavy atom. The normalized spacial score (nSPS) is 20.4. The summed E-state index contributed by atoms with van der Waals surface area (Å²) in [6.07, 6.45) is 0.128. The number of aryl methyl sites for hydroxylation is 1. The number of hydrogen-bond donors (Lipinski definition) is 1. The Morgan fingerprint density at radius 2 is 2.17 bits per heavy atom. The van der Waals surface area contributed by atoms with Crippen molar-refractivity contribution in [2.45, 2.75) is 25.6 Å². The first-order valence-electron chi connectivity index (χ1n) is 6.19. The molecular formula is C15H16O2S. The minimum Gasteiger partial charge on any atom is -0.385 e. The molecule has 1 aromatic heterocycles. The van der Waals surface area contributed by atoms with Gasteiger partial charge in [0.2, 0.25) is 0 Å². The lowest BCUT2D eigenvalue weighted by atomic mass is 9.92. The average Bonchev–Trinajstić information content (AvgIpc) is 2.83. The quantitative estimate of drug-likeness (QED) is 0.896. The molecule has 3 heteroatoms. The Balaban J connectivity index is 1.97. The molecule has 0 radical (unpaired) electrons. The van der Waals surface area contributed by atoms with Crippen LogP contribution in [-0.4, -0.2) is 11.7 Å². The third kappa shape index (κ3) is 1.99. The number of thiophene rings is 1. The van der Waals surface area contributed by atoms with Crippen molar-refractivity contribution in [3.05, 3.63) is 57.3 Å². The number of aliphatic hydroxyl groups is 1. The van der Waals surface area contributed by atoms with E-state index >= 15 is 0 Å². The maximum atomic E-state index is 10.5. The molecule has 1 aromatic carbocycles. The van der Waals surface area contributed by atoms with Crippen molar-refractivity contribution < 1.29 is 9.84 Å². The second-order valence-corrected chi connectivity index (χ2v) is 5.74. The first kappa shape index (κ1) is 11.9. The number of hydrogen-bond acceptors (Lipinski definition) is 3. The van der Waals surface area contributed by atoms with Gasteiger partial charge in [-0.25, -0.2) is 0 Å². The van der Waals surface area contributed by atoms with Gasteiger partial charge in [-0.1, -0.05) is 24.3 Å². The SMILES string of the molecule is Cc1sccc1C(O)C1OCCc2ccccc21. The zero-order valence-electron chi connectivity index (χ0n) is 10.3. The summed E-state index contributed by atoms with van der Waals surface area (Å²) in [6, 6.07) is 10.2. The summed E-state index contributed by atoms with van der Waals surface area (Å²) in [7, 11) is 0. The van der Waals surface area contributed by atoms with E-state index in [1.165, 1.54) is 5.56 Å². The Hall–Kier alpha value is -1.16. The zero-order chi connectivity index (χ0) is 12.5. The lowest BCUT2D eigenvalue weighted by molar-refractivity contribution is -0.0483. The molecule has 1 aliphatic heterocycles. The third-order valence-electron chi connectivity index (χ3n) is 3.53. The highest BCUT2D eigenvalue weighted by atomic mass is 32.1. The van der Waals surface area contributed by atoms with E-state index in [-0.39, 0.29) is 6.10 Å². The summed E-state index contributed by atoms with van der Waals surface area (Å²) in [4.78, 5) is 1.16. The lowest BCUT2D eigenvalue weighted by Gasteiger charge is -2.29. The second kappa shape index (κ2) is 4.84. The van der Waals surface area contributed by atoms with Crippen molar-refractivity contribution >= 4 is 11.3 Å². The molecule has 2 heterocycles. The van der Waals surface area contributed by atoms with Crippen molar-refractivity contribution in [3.8, 4) is 0 Å². The van der Waals surface area contributed by atoms with Crippen LogP contribution in [0.15, 0.2) is 35.7 Å². The van der Waals surface area contributed by atoms with Crippen LogP contribution in [0.1, 0.15) is 33.8 Å². The van der Waals surface area contributed by atoms with Crippen LogP contribution >= 0.6 is 11.3 Å². The number of fused-ring (bicyclic) bond motifs is 1. The topological polar surface area (TPSA) is 29.5 Å². The number of aliphatic hydroxyl groups excluding tert-OH is 1. The molecule has 0 aliphatic carbocycles. The summed E-state index contributed by atoms with van der Waals surface area (Å²) in [6.45, 7) is 2.72. The molecule has 2 atom stereocenters. The van der Waals surface area contributed by atoms with Gasteiger partial charge in [-0.3, -0.25) is 0 Å². The standard InChI is InChI=1S/C15H16O2S/c1-10-12(7-9-18-10)14(16)15-13-5-3-2-4-11(13)6-8-17-15/h2-5,7,9,14-16H,6,8H2,1H3. The van der Waals surface area contributed by atoms with E-state index in [2.05, 4.69) is 12.1 Å². The molecule has 94 valence electrons. The van der Waals surface area contributed by atoms with Gasteiger partial charge in [0.15, 0.2) is 0 Å². The largest absolute Gasteiger partial charge is 0.385 e. The lowest BCUT2D eigenvalue weighted by Crippen LogP contribution is -2.22. The van der Waals surface area contributed by atoms with Gasteiger partial charge in [-0.2, -0.15) is 0 Å². The predicted octanol–water partition coefficient (Wildman–Crippen LogP) is 3.40. The van der Waals surface area contributed by atoms with Crippen molar-refractivity contribution in [1.29, 1.82) is 0 Å². The monoisotopic (exact) mass is 260 g/mol. The highest BCUT2D eigenvalue weighted by Crippen LogP contribution is 2.38. The molecule has 0 amide bonds. The van der Waals surface area contributed by atoms with Gasteiger partial charge >= 0.3 is 0 Å². The molecule has 1 aliphatic rings. The molecule has 1 N–H and O–H groups in total. The highest BCUT2D eigenvalue weighted by molar-refractivity contribution is 7.10. The van der Waals surface area contributed by atoms with Crippen molar-refractivity contribution in [2.24, 2.45) is 0 Å². The molecular weight excluding hydrogens is 244 g/mol. The fraction of sp³-hybridized carbons (Fsp3) is 0.333. The molecule has 2 aromatic rings. The molecule has 0 bridgehead atoms. The Morgan fingerprint density at radius 1 is 1.33 bits per heavy atom. The van der Waals surface area contributed by atoms with Gasteiger partial charge in [-0.15, -0.1) is 11.3 Å². The minimum absolute atomic E-state index is 0.233. The van der Waals surface area contributed by atoms with Crippen LogP contribution in [0.25, 0.3) is 0 Å². The van der Waals surface area contributed by atoms with Crippen LogP contribution in [0.2, 0.25) is 0 Å². The molecule has 2 unspecified atom stereocenters. The second-order valence-electron chi connectivity index (χ2n) is 4.62. The number of rotatable bonds is 2. The van der Waals surface area contributed by atoms with E-state index < -0.39 is 6.10 Å². The van der Waals surface area contributed by atoms with Crippen LogP contribution in [0, 0.1) is 6.92 Å². The summed E-state index contributed by atoms with van der Waals surface area (Å²) in [5, 5.41) is 12.6. The predicted molar refractivity (Wildman–Crippen MR) is 72.9 cm³/mol. The molecule has 3 rings (SSSR count). The molecule has 0 saturated carbocycles. The van der Waals surface area contributed by atoms with Crippen molar-refractivity contribution in [3.63, 3.8) is 0 Å². The number of ether oxygens (including phenoxy) is 1. The zero-order valence-corrected chi connectivity index (χ0v) is 11.1. The van der Waals surface area contributed by atoms with Gasteiger partial charge in [-0.05, 0) is 41.5 Å². The van der Waals surface area contributed by atoms with E-state index in [4.69, 9.17) is 4.74 Å². The Labute approximate surface area is 111 Å². The van der Waals surface area contributed by atoms with E-state index in [0.717, 1.165) is 22.4 Å². The van der Waals surface area contributed by atoms with E-state index in [0.29, 0.717) is 6.61 Å². The van der Waals surface area contributed by atoms with Gasteiger partial charge in [0.1, 0.15) is 12.2 Å². The first-order chi connectivity index (χ1) is 8.77. The van der Waals surface area contributed by atoms with Crippen molar-refractivity contribution in [1.82, 2.24) is 0 Å². The molecule has 0 saturated heterocycles. The minimum atomic E-state index is -0.572. The summed E-state index contributed by atoms with van der Waals surface area (Å²) < 4.78 is 5.80. The fourth-order valence-electron chi connectivity index (χ4n) is 2.55. The molecule has 0 fully saturated rings. The van der Waals surface area contributed by atoms with E-state index in [1.54, 1.807) is 11.3 Å². The summed E-state index contributed by atoms with van der Waals surface area (Å²) in [5.41, 5.74) is 3.41. The van der Waals surface area contributed by atoms with E-state index in [9.17, 15) is 5.11 Å². The van der Waals surface area contributed by atoms with Gasteiger partial charge in [0.25, 0.3) is 0 Å². The molecule has 18 heavy (non-hydrogen) atoms. The van der Waals surface area contributed by atoms with Gasteiger partial charge < -0.3 is 9.84 Å². The Kier molecular flexibility index (Phi) is 3.20. The van der Waals surface area contributed by atoms with Crippen LogP contribution in [0.4, 0.5) is 0 Å². The maximum absolute atomic E-state index is 10.5. The Bertz CT molecular complexity index is 547. The fourth-order valence-corrected chi connectivity index (χ4v) is 3.29. The van der Waals surface area contributed by atoms with Crippen molar-refractivity contribution in [2.75, 3.05) is 6.61 Å². The number of benzene rings is 1. The van der Waals surface area contributed by atoms with Crippen LogP contribution in [0.5, 0.6) is 0 Å². The molecule has 0 spiro atoms. The summed E-state index contributed by atoms with van der Waals surface area (Å²) >= 11 is 1.66. The third-order valence-corrected chi connectivity index (χ3v) is 4.40. The average molecular weight is 260 g/mol. The molecule has 2 nitrogen and oxygen atoms in total. The maximum Gasteiger partial charge on any atom is 0.113 e. The smallest absolute Gasteiger partial charge is 0.113 e. The van der Waals surface area contributed by atoms with Crippen LogP contribution < -0.4 is 0 Å². The van der Waals surface area contributed by atoms with Gasteiger partial charge in [0, 0.05) is 4.88 Å². The summed E-state index contributed by atoms with van der Waals surface area (Å²) in [5.74, 6) is 0.